The van der Waals surface area contributed by atoms with Crippen LogP contribution in [0.15, 0.2) is 53.5 Å². The van der Waals surface area contributed by atoms with Crippen molar-refractivity contribution in [3.63, 3.8) is 0 Å². The van der Waals surface area contributed by atoms with Crippen LogP contribution in [0, 0.1) is 0 Å². The summed E-state index contributed by atoms with van der Waals surface area (Å²) in [5.41, 5.74) is 7.69. The fourth-order valence-corrected chi connectivity index (χ4v) is 2.55. The number of hydrogen-bond acceptors (Lipinski definition) is 3. The number of aliphatic imine (C=N–C) groups is 1. The molecule has 2 aromatic carbocycles. The maximum absolute atomic E-state index is 6.21. The first-order chi connectivity index (χ1) is 12.0. The number of rotatable bonds is 7. The molecule has 1 atom stereocenters. The molecule has 0 bridgehead atoms. The van der Waals surface area contributed by atoms with Crippen LogP contribution in [-0.4, -0.2) is 25.7 Å². The van der Waals surface area contributed by atoms with E-state index < -0.39 is 0 Å². The lowest BCUT2D eigenvalue weighted by molar-refractivity contribution is 0.111. The van der Waals surface area contributed by atoms with Gasteiger partial charge in [-0.05, 0) is 44.2 Å². The Balaban J connectivity index is 0.00000338. The number of nitrogens with two attached hydrogens (primary N) is 1. The molecule has 1 unspecified atom stereocenters. The van der Waals surface area contributed by atoms with E-state index >= 15 is 0 Å². The number of nitrogens with zero attached hydrogens (tertiary/aromatic N) is 1. The van der Waals surface area contributed by atoms with Gasteiger partial charge < -0.3 is 20.5 Å². The van der Waals surface area contributed by atoms with Gasteiger partial charge in [0, 0.05) is 23.4 Å². The van der Waals surface area contributed by atoms with Gasteiger partial charge in [0.2, 0.25) is 0 Å². The van der Waals surface area contributed by atoms with Crippen molar-refractivity contribution in [2.75, 3.05) is 19.0 Å². The van der Waals surface area contributed by atoms with E-state index in [2.05, 4.69) is 10.3 Å². The SMILES string of the molecule is COC(CN=C(N)Nc1ccc(OC(C)C)cc1)c1ccccc1Cl.I. The van der Waals surface area contributed by atoms with Crippen molar-refractivity contribution < 1.29 is 9.47 Å². The van der Waals surface area contributed by atoms with Crippen molar-refractivity contribution >= 4 is 47.2 Å². The topological polar surface area (TPSA) is 68.9 Å². The van der Waals surface area contributed by atoms with Crippen molar-refractivity contribution in [3.05, 3.63) is 59.1 Å². The molecule has 7 heteroatoms. The maximum atomic E-state index is 6.21. The van der Waals surface area contributed by atoms with Gasteiger partial charge in [-0.1, -0.05) is 29.8 Å². The molecule has 0 spiro atoms. The van der Waals surface area contributed by atoms with Gasteiger partial charge >= 0.3 is 0 Å². The van der Waals surface area contributed by atoms with E-state index in [1.165, 1.54) is 0 Å². The van der Waals surface area contributed by atoms with Crippen molar-refractivity contribution in [1.29, 1.82) is 0 Å². The molecule has 0 saturated heterocycles. The Morgan fingerprint density at radius 2 is 1.81 bits per heavy atom. The number of methoxy groups -OCH3 is 1. The number of halogens is 2. The molecule has 0 amide bonds. The Labute approximate surface area is 177 Å². The first-order valence-electron chi connectivity index (χ1n) is 8.10. The first kappa shape index (κ1) is 22.5. The second-order valence-electron chi connectivity index (χ2n) is 5.79. The van der Waals surface area contributed by atoms with Crippen LogP contribution in [0.5, 0.6) is 5.75 Å². The number of benzene rings is 2. The molecule has 0 aromatic heterocycles. The lowest BCUT2D eigenvalue weighted by Gasteiger charge is -2.15. The molecule has 5 nitrogen and oxygen atoms in total. The number of guanidine groups is 1. The van der Waals surface area contributed by atoms with Crippen molar-refractivity contribution in [1.82, 2.24) is 0 Å². The van der Waals surface area contributed by atoms with Crippen LogP contribution in [0.3, 0.4) is 0 Å². The monoisotopic (exact) mass is 489 g/mol. The third kappa shape index (κ3) is 7.01. The lowest BCUT2D eigenvalue weighted by Crippen LogP contribution is -2.24. The van der Waals surface area contributed by atoms with Crippen LogP contribution < -0.4 is 15.8 Å². The average molecular weight is 490 g/mol. The Bertz CT molecular complexity index is 708. The minimum Gasteiger partial charge on any atom is -0.491 e. The third-order valence-electron chi connectivity index (χ3n) is 3.46. The largest absolute Gasteiger partial charge is 0.491 e. The summed E-state index contributed by atoms with van der Waals surface area (Å²) in [6.07, 6.45) is -0.114. The summed E-state index contributed by atoms with van der Waals surface area (Å²) in [7, 11) is 1.63. The van der Waals surface area contributed by atoms with Gasteiger partial charge in [0.05, 0.1) is 12.6 Å². The number of nitrogens with one attached hydrogen (secondary N) is 1. The summed E-state index contributed by atoms with van der Waals surface area (Å²) in [6.45, 7) is 4.34. The zero-order chi connectivity index (χ0) is 18.2. The number of hydrogen-bond donors (Lipinski definition) is 2. The summed E-state index contributed by atoms with van der Waals surface area (Å²) in [4.78, 5) is 4.35. The van der Waals surface area contributed by atoms with E-state index in [-0.39, 0.29) is 36.2 Å². The van der Waals surface area contributed by atoms with E-state index in [0.29, 0.717) is 17.5 Å². The molecule has 0 aliphatic rings. The minimum atomic E-state index is -0.254. The maximum Gasteiger partial charge on any atom is 0.193 e. The Kier molecular flexibility index (Phi) is 9.75. The van der Waals surface area contributed by atoms with Crippen LogP contribution in [-0.2, 0) is 4.74 Å². The molecule has 0 radical (unpaired) electrons. The smallest absolute Gasteiger partial charge is 0.193 e. The molecular weight excluding hydrogens is 465 g/mol. The fraction of sp³-hybridized carbons (Fsp3) is 0.316. The van der Waals surface area contributed by atoms with E-state index in [1.54, 1.807) is 7.11 Å². The average Bonchev–Trinajstić information content (AvgIpc) is 2.58. The highest BCUT2D eigenvalue weighted by Crippen LogP contribution is 2.25. The van der Waals surface area contributed by atoms with Crippen molar-refractivity contribution in [2.24, 2.45) is 10.7 Å². The standard InChI is InChI=1S/C19H24ClN3O2.HI/c1-13(2)25-15-10-8-14(9-11-15)23-19(21)22-12-18(24-3)16-6-4-5-7-17(16)20;/h4-11,13,18H,12H2,1-3H3,(H3,21,22,23);1H. The Morgan fingerprint density at radius 1 is 1.15 bits per heavy atom. The molecule has 2 rings (SSSR count). The molecule has 2 aromatic rings. The van der Waals surface area contributed by atoms with Gasteiger partial charge in [-0.3, -0.25) is 4.99 Å². The molecule has 0 aliphatic carbocycles. The Hall–Kier alpha value is -1.51. The first-order valence-corrected chi connectivity index (χ1v) is 8.48. The van der Waals surface area contributed by atoms with Gasteiger partial charge in [0.15, 0.2) is 5.96 Å². The van der Waals surface area contributed by atoms with Gasteiger partial charge in [-0.25, -0.2) is 0 Å². The predicted octanol–water partition coefficient (Wildman–Crippen LogP) is 4.86. The molecule has 0 saturated carbocycles. The highest BCUT2D eigenvalue weighted by Gasteiger charge is 2.13. The van der Waals surface area contributed by atoms with E-state index in [0.717, 1.165) is 17.0 Å². The van der Waals surface area contributed by atoms with Crippen molar-refractivity contribution in [3.8, 4) is 5.75 Å². The van der Waals surface area contributed by atoms with Crippen LogP contribution in [0.2, 0.25) is 5.02 Å². The zero-order valence-corrected chi connectivity index (χ0v) is 18.2. The summed E-state index contributed by atoms with van der Waals surface area (Å²) in [6, 6.07) is 15.1. The summed E-state index contributed by atoms with van der Waals surface area (Å²) < 4.78 is 11.1. The minimum absolute atomic E-state index is 0. The van der Waals surface area contributed by atoms with E-state index in [4.69, 9.17) is 26.8 Å². The van der Waals surface area contributed by atoms with E-state index in [1.807, 2.05) is 62.4 Å². The molecule has 3 N–H and O–H groups in total. The van der Waals surface area contributed by atoms with Crippen LogP contribution in [0.4, 0.5) is 5.69 Å². The van der Waals surface area contributed by atoms with Crippen LogP contribution in [0.1, 0.15) is 25.5 Å². The highest BCUT2D eigenvalue weighted by atomic mass is 127. The molecule has 142 valence electrons. The molecule has 0 fully saturated rings. The highest BCUT2D eigenvalue weighted by molar-refractivity contribution is 14.0. The van der Waals surface area contributed by atoms with Crippen molar-refractivity contribution in [2.45, 2.75) is 26.1 Å². The summed E-state index contributed by atoms with van der Waals surface area (Å²) in [5, 5.41) is 3.70. The predicted molar refractivity (Wildman–Crippen MR) is 119 cm³/mol. The quantitative estimate of drug-likeness (QED) is 0.331. The van der Waals surface area contributed by atoms with Crippen LogP contribution >= 0.6 is 35.6 Å². The second-order valence-corrected chi connectivity index (χ2v) is 6.19. The number of anilines is 1. The zero-order valence-electron chi connectivity index (χ0n) is 15.1. The van der Waals surface area contributed by atoms with Crippen LogP contribution in [0.25, 0.3) is 0 Å². The normalized spacial score (nSPS) is 12.4. The summed E-state index contributed by atoms with van der Waals surface area (Å²) in [5.74, 6) is 1.13. The second kappa shape index (κ2) is 11.3. The molecular formula is C19H25ClIN3O2. The summed E-state index contributed by atoms with van der Waals surface area (Å²) >= 11 is 6.21. The molecule has 0 heterocycles. The van der Waals surface area contributed by atoms with Gasteiger partial charge in [-0.2, -0.15) is 0 Å². The third-order valence-corrected chi connectivity index (χ3v) is 3.81. The van der Waals surface area contributed by atoms with Gasteiger partial charge in [0.25, 0.3) is 0 Å². The Morgan fingerprint density at radius 3 is 2.38 bits per heavy atom. The number of ether oxygens (including phenoxy) is 2. The fourth-order valence-electron chi connectivity index (χ4n) is 2.29. The lowest BCUT2D eigenvalue weighted by atomic mass is 10.1. The molecule has 0 aliphatic heterocycles. The van der Waals surface area contributed by atoms with Gasteiger partial charge in [0.1, 0.15) is 11.9 Å². The van der Waals surface area contributed by atoms with E-state index in [9.17, 15) is 0 Å². The van der Waals surface area contributed by atoms with Gasteiger partial charge in [-0.15, -0.1) is 24.0 Å². The molecule has 26 heavy (non-hydrogen) atoms.